The number of carbonyl (C=O) groups excluding carboxylic acids is 2. The summed E-state index contributed by atoms with van der Waals surface area (Å²) in [5, 5.41) is 2.91. The lowest BCUT2D eigenvalue weighted by Gasteiger charge is -2.29. The van der Waals surface area contributed by atoms with E-state index in [0.717, 1.165) is 30.2 Å². The molecular weight excluding hydrogens is 506 g/mol. The van der Waals surface area contributed by atoms with Crippen molar-refractivity contribution in [3.8, 4) is 11.5 Å². The second-order valence-electron chi connectivity index (χ2n) is 9.60. The number of fused-ring (bicyclic) bond motifs is 1. The van der Waals surface area contributed by atoms with Crippen LogP contribution in [0.1, 0.15) is 50.7 Å². The smallest absolute Gasteiger partial charge is 0.242 e. The third-order valence-corrected chi connectivity index (χ3v) is 7.59. The van der Waals surface area contributed by atoms with Gasteiger partial charge in [-0.05, 0) is 44.4 Å². The molecule has 0 spiro atoms. The predicted octanol–water partition coefficient (Wildman–Crippen LogP) is 3.65. The fraction of sp³-hybridized carbons (Fsp3) is 0.500. The van der Waals surface area contributed by atoms with Crippen LogP contribution in [-0.4, -0.2) is 63.7 Å². The third kappa shape index (κ3) is 8.11. The molecule has 2 aromatic carbocycles. The minimum absolute atomic E-state index is 0.0922. The largest absolute Gasteiger partial charge is 0.486 e. The van der Waals surface area contributed by atoms with Gasteiger partial charge in [0.2, 0.25) is 21.8 Å². The second-order valence-corrected chi connectivity index (χ2v) is 11.5. The first-order valence-electron chi connectivity index (χ1n) is 13.1. The minimum Gasteiger partial charge on any atom is -0.486 e. The highest BCUT2D eigenvalue weighted by molar-refractivity contribution is 7.92. The molecule has 2 aromatic rings. The van der Waals surface area contributed by atoms with Gasteiger partial charge in [0.25, 0.3) is 0 Å². The topological polar surface area (TPSA) is 105 Å². The van der Waals surface area contributed by atoms with Gasteiger partial charge in [-0.25, -0.2) is 8.42 Å². The Kier molecular flexibility index (Phi) is 10.4. The number of amides is 2. The molecule has 3 rings (SSSR count). The highest BCUT2D eigenvalue weighted by Gasteiger charge is 2.27. The molecule has 0 aromatic heterocycles. The number of nitrogens with zero attached hydrogens (tertiary/aromatic N) is 2. The van der Waals surface area contributed by atoms with Crippen molar-refractivity contribution in [2.24, 2.45) is 0 Å². The van der Waals surface area contributed by atoms with Gasteiger partial charge in [-0.1, -0.05) is 43.2 Å². The summed E-state index contributed by atoms with van der Waals surface area (Å²) in [6.07, 6.45) is 3.34. The van der Waals surface area contributed by atoms with Crippen LogP contribution in [-0.2, 0) is 26.2 Å². The van der Waals surface area contributed by atoms with Crippen LogP contribution in [0.5, 0.6) is 11.5 Å². The Bertz CT molecular complexity index is 1220. The van der Waals surface area contributed by atoms with E-state index in [1.807, 2.05) is 38.1 Å². The number of carbonyl (C=O) groups is 2. The molecule has 1 aliphatic heterocycles. The molecule has 0 radical (unpaired) electrons. The third-order valence-electron chi connectivity index (χ3n) is 6.40. The van der Waals surface area contributed by atoms with Crippen molar-refractivity contribution in [2.75, 3.05) is 36.9 Å². The number of hydrogen-bond donors (Lipinski definition) is 1. The number of hydrogen-bond acceptors (Lipinski definition) is 6. The molecule has 0 unspecified atom stereocenters. The molecule has 9 nitrogen and oxygen atoms in total. The summed E-state index contributed by atoms with van der Waals surface area (Å²) in [7, 11) is -3.61. The zero-order valence-electron chi connectivity index (χ0n) is 22.7. The standard InChI is InChI=1S/C28H39N3O6S/c1-5-6-14-29-28(33)22(3)30(20-23-10-7-9-21(2)18-23)27(32)11-8-15-31(38(4,34)35)24-12-13-25-26(19-24)37-17-16-36-25/h7,9-10,12-13,18-19,22H,5-6,8,11,14-17,20H2,1-4H3,(H,29,33)/t22-/m0/s1. The molecule has 1 atom stereocenters. The van der Waals surface area contributed by atoms with Crippen molar-refractivity contribution in [1.82, 2.24) is 10.2 Å². The number of aryl methyl sites for hydroxylation is 1. The van der Waals surface area contributed by atoms with Gasteiger partial charge in [-0.2, -0.15) is 0 Å². The molecule has 1 N–H and O–H groups in total. The Morgan fingerprint density at radius 3 is 2.47 bits per heavy atom. The van der Waals surface area contributed by atoms with E-state index in [1.165, 1.54) is 4.31 Å². The lowest BCUT2D eigenvalue weighted by Crippen LogP contribution is -2.48. The Balaban J connectivity index is 1.72. The van der Waals surface area contributed by atoms with Crippen molar-refractivity contribution in [3.05, 3.63) is 53.6 Å². The van der Waals surface area contributed by atoms with Gasteiger partial charge in [0.15, 0.2) is 11.5 Å². The summed E-state index contributed by atoms with van der Waals surface area (Å²) in [5.74, 6) is 0.654. The molecule has 1 aliphatic rings. The van der Waals surface area contributed by atoms with Crippen LogP contribution in [0.25, 0.3) is 0 Å². The van der Waals surface area contributed by atoms with Crippen LogP contribution in [0.15, 0.2) is 42.5 Å². The number of nitrogens with one attached hydrogen (secondary N) is 1. The molecule has 0 fully saturated rings. The zero-order chi connectivity index (χ0) is 27.7. The molecule has 38 heavy (non-hydrogen) atoms. The van der Waals surface area contributed by atoms with E-state index < -0.39 is 16.1 Å². The van der Waals surface area contributed by atoms with Crippen molar-refractivity contribution < 1.29 is 27.5 Å². The summed E-state index contributed by atoms with van der Waals surface area (Å²) >= 11 is 0. The maximum absolute atomic E-state index is 13.4. The van der Waals surface area contributed by atoms with Gasteiger partial charge in [-0.15, -0.1) is 0 Å². The first-order valence-corrected chi connectivity index (χ1v) is 14.9. The van der Waals surface area contributed by atoms with E-state index in [2.05, 4.69) is 5.32 Å². The number of unbranched alkanes of at least 4 members (excludes halogenated alkanes) is 1. The van der Waals surface area contributed by atoms with Crippen LogP contribution < -0.4 is 19.1 Å². The lowest BCUT2D eigenvalue weighted by molar-refractivity contribution is -0.140. The van der Waals surface area contributed by atoms with Crippen molar-refractivity contribution in [1.29, 1.82) is 0 Å². The fourth-order valence-corrected chi connectivity index (χ4v) is 5.27. The average molecular weight is 546 g/mol. The van der Waals surface area contributed by atoms with Crippen LogP contribution in [0.4, 0.5) is 5.69 Å². The van der Waals surface area contributed by atoms with Gasteiger partial charge in [0.1, 0.15) is 19.3 Å². The van der Waals surface area contributed by atoms with Gasteiger partial charge in [0, 0.05) is 32.1 Å². The van der Waals surface area contributed by atoms with Gasteiger partial charge < -0.3 is 19.7 Å². The van der Waals surface area contributed by atoms with E-state index in [4.69, 9.17) is 9.47 Å². The van der Waals surface area contributed by atoms with Crippen LogP contribution >= 0.6 is 0 Å². The highest BCUT2D eigenvalue weighted by atomic mass is 32.2. The number of benzene rings is 2. The predicted molar refractivity (Wildman–Crippen MR) is 148 cm³/mol. The monoisotopic (exact) mass is 545 g/mol. The van der Waals surface area contributed by atoms with Gasteiger partial charge >= 0.3 is 0 Å². The molecular formula is C28H39N3O6S. The number of ether oxygens (including phenoxy) is 2. The van der Waals surface area contributed by atoms with E-state index in [9.17, 15) is 18.0 Å². The number of rotatable bonds is 13. The van der Waals surface area contributed by atoms with E-state index in [-0.39, 0.29) is 31.2 Å². The number of sulfonamides is 1. The van der Waals surface area contributed by atoms with E-state index in [1.54, 1.807) is 30.0 Å². The fourth-order valence-electron chi connectivity index (χ4n) is 4.32. The molecule has 1 heterocycles. The molecule has 0 bridgehead atoms. The van der Waals surface area contributed by atoms with Crippen LogP contribution in [0.3, 0.4) is 0 Å². The van der Waals surface area contributed by atoms with Crippen LogP contribution in [0, 0.1) is 6.92 Å². The Morgan fingerprint density at radius 2 is 1.79 bits per heavy atom. The summed E-state index contributed by atoms with van der Waals surface area (Å²) in [5.41, 5.74) is 2.45. The maximum atomic E-state index is 13.4. The summed E-state index contributed by atoms with van der Waals surface area (Å²) in [4.78, 5) is 27.8. The molecule has 208 valence electrons. The SMILES string of the molecule is CCCCNC(=O)[C@H](C)N(Cc1cccc(C)c1)C(=O)CCCN(c1ccc2c(c1)OCCO2)S(C)(=O)=O. The molecule has 0 saturated heterocycles. The maximum Gasteiger partial charge on any atom is 0.242 e. The van der Waals surface area contributed by atoms with Crippen molar-refractivity contribution in [3.63, 3.8) is 0 Å². The zero-order valence-corrected chi connectivity index (χ0v) is 23.6. The Hall–Kier alpha value is -3.27. The molecule has 0 aliphatic carbocycles. The van der Waals surface area contributed by atoms with Gasteiger partial charge in [-0.3, -0.25) is 13.9 Å². The second kappa shape index (κ2) is 13.5. The average Bonchev–Trinajstić information content (AvgIpc) is 2.88. The van der Waals surface area contributed by atoms with E-state index in [0.29, 0.717) is 43.5 Å². The minimum atomic E-state index is -3.61. The van der Waals surface area contributed by atoms with E-state index >= 15 is 0 Å². The Morgan fingerprint density at radius 1 is 1.05 bits per heavy atom. The molecule has 10 heteroatoms. The lowest BCUT2D eigenvalue weighted by atomic mass is 10.1. The Labute approximate surface area is 226 Å². The van der Waals surface area contributed by atoms with Crippen LogP contribution in [0.2, 0.25) is 0 Å². The quantitative estimate of drug-likeness (QED) is 0.385. The normalized spacial score (nSPS) is 13.5. The summed E-state index contributed by atoms with van der Waals surface area (Å²) < 4.78 is 37.6. The first-order chi connectivity index (χ1) is 18.1. The van der Waals surface area contributed by atoms with Crippen molar-refractivity contribution in [2.45, 2.75) is 59.0 Å². The first kappa shape index (κ1) is 29.3. The number of anilines is 1. The van der Waals surface area contributed by atoms with Crippen molar-refractivity contribution >= 4 is 27.5 Å². The van der Waals surface area contributed by atoms with Gasteiger partial charge in [0.05, 0.1) is 11.9 Å². The highest BCUT2D eigenvalue weighted by Crippen LogP contribution is 2.34. The molecule has 2 amide bonds. The molecule has 0 saturated carbocycles. The summed E-state index contributed by atoms with van der Waals surface area (Å²) in [6, 6.07) is 12.2. The summed E-state index contributed by atoms with van der Waals surface area (Å²) in [6.45, 7) is 7.56.